The van der Waals surface area contributed by atoms with Crippen molar-refractivity contribution >= 4 is 23.0 Å². The minimum Gasteiger partial charge on any atom is -0.360 e. The maximum absolute atomic E-state index is 5.46. The molecule has 1 aromatic carbocycles. The molecule has 0 amide bonds. The van der Waals surface area contributed by atoms with E-state index in [1.54, 1.807) is 0 Å². The summed E-state index contributed by atoms with van der Waals surface area (Å²) in [7, 11) is 0. The van der Waals surface area contributed by atoms with Crippen LogP contribution in [-0.2, 0) is 0 Å². The van der Waals surface area contributed by atoms with Gasteiger partial charge in [-0.3, -0.25) is 0 Å². The van der Waals surface area contributed by atoms with Crippen molar-refractivity contribution < 1.29 is 0 Å². The van der Waals surface area contributed by atoms with Crippen LogP contribution in [0.3, 0.4) is 0 Å². The van der Waals surface area contributed by atoms with Gasteiger partial charge >= 0.3 is 0 Å². The summed E-state index contributed by atoms with van der Waals surface area (Å²) in [6.07, 6.45) is 6.47. The zero-order valence-electron chi connectivity index (χ0n) is 12.8. The first-order chi connectivity index (χ1) is 9.60. The molecule has 0 aliphatic heterocycles. The Labute approximate surface area is 128 Å². The van der Waals surface area contributed by atoms with Gasteiger partial charge in [0.1, 0.15) is 0 Å². The number of nitrogens with one attached hydrogen (secondary N) is 2. The van der Waals surface area contributed by atoms with Gasteiger partial charge in [-0.05, 0) is 74.9 Å². The molecule has 1 aliphatic rings. The minimum atomic E-state index is 0.544. The second-order valence-electron chi connectivity index (χ2n) is 5.97. The van der Waals surface area contributed by atoms with Crippen LogP contribution in [0.1, 0.15) is 50.2 Å². The smallest absolute Gasteiger partial charge is 0.171 e. The van der Waals surface area contributed by atoms with Gasteiger partial charge < -0.3 is 10.6 Å². The Morgan fingerprint density at radius 1 is 1.20 bits per heavy atom. The second-order valence-corrected chi connectivity index (χ2v) is 6.38. The Morgan fingerprint density at radius 2 is 1.90 bits per heavy atom. The Bertz CT molecular complexity index is 462. The number of benzene rings is 1. The van der Waals surface area contributed by atoms with E-state index in [2.05, 4.69) is 49.6 Å². The first-order valence-corrected chi connectivity index (χ1v) is 8.14. The van der Waals surface area contributed by atoms with E-state index in [1.165, 1.54) is 43.2 Å². The van der Waals surface area contributed by atoms with E-state index in [9.17, 15) is 0 Å². The number of rotatable bonds is 3. The lowest BCUT2D eigenvalue weighted by Crippen LogP contribution is -2.40. The van der Waals surface area contributed by atoms with Gasteiger partial charge in [0.05, 0.1) is 0 Å². The molecule has 0 unspecified atom stereocenters. The summed E-state index contributed by atoms with van der Waals surface area (Å²) >= 11 is 5.46. The monoisotopic (exact) mass is 290 g/mol. The molecule has 1 aromatic rings. The van der Waals surface area contributed by atoms with Crippen LogP contribution in [0.15, 0.2) is 18.2 Å². The van der Waals surface area contributed by atoms with Crippen molar-refractivity contribution in [1.29, 1.82) is 0 Å². The van der Waals surface area contributed by atoms with Crippen LogP contribution in [-0.4, -0.2) is 11.2 Å². The maximum atomic E-state index is 5.46. The van der Waals surface area contributed by atoms with Crippen molar-refractivity contribution in [1.82, 2.24) is 5.32 Å². The first-order valence-electron chi connectivity index (χ1n) is 7.74. The fourth-order valence-corrected chi connectivity index (χ4v) is 3.22. The van der Waals surface area contributed by atoms with Crippen molar-refractivity contribution in [3.8, 4) is 0 Å². The molecule has 0 saturated heterocycles. The van der Waals surface area contributed by atoms with Crippen molar-refractivity contribution in [2.75, 3.05) is 5.32 Å². The number of hydrogen-bond acceptors (Lipinski definition) is 1. The molecule has 110 valence electrons. The molecule has 0 radical (unpaired) electrons. The molecule has 3 heteroatoms. The molecule has 0 atom stereocenters. The molecule has 2 rings (SSSR count). The van der Waals surface area contributed by atoms with Gasteiger partial charge in [0.2, 0.25) is 0 Å². The van der Waals surface area contributed by atoms with Gasteiger partial charge in [0.25, 0.3) is 0 Å². The Hall–Kier alpha value is -1.09. The van der Waals surface area contributed by atoms with E-state index < -0.39 is 0 Å². The Balaban J connectivity index is 1.85. The zero-order chi connectivity index (χ0) is 14.5. The predicted molar refractivity (Wildman–Crippen MR) is 91.3 cm³/mol. The summed E-state index contributed by atoms with van der Waals surface area (Å²) in [5.74, 6) is 0.925. The normalized spacial score (nSPS) is 22.4. The fourth-order valence-electron chi connectivity index (χ4n) is 2.95. The van der Waals surface area contributed by atoms with E-state index in [1.807, 2.05) is 0 Å². The lowest BCUT2D eigenvalue weighted by molar-refractivity contribution is 0.306. The third-order valence-electron chi connectivity index (χ3n) is 4.61. The molecular formula is C17H26N2S. The number of anilines is 1. The molecule has 1 fully saturated rings. The molecule has 0 aromatic heterocycles. The lowest BCUT2D eigenvalue weighted by atomic mass is 9.85. The highest BCUT2D eigenvalue weighted by atomic mass is 32.1. The van der Waals surface area contributed by atoms with Gasteiger partial charge in [-0.1, -0.05) is 25.5 Å². The van der Waals surface area contributed by atoms with E-state index in [0.29, 0.717) is 6.04 Å². The van der Waals surface area contributed by atoms with Crippen LogP contribution < -0.4 is 10.6 Å². The molecule has 0 spiro atoms. The standard InChI is InChI=1S/C17H26N2S/c1-4-14-8-10-15(11-9-14)18-17(20)19-16-7-5-6-12(2)13(16)3/h5-7,14-15H,4,8-11H2,1-3H3,(H2,18,19,20). The average molecular weight is 290 g/mol. The molecule has 0 bridgehead atoms. The molecule has 2 nitrogen and oxygen atoms in total. The average Bonchev–Trinajstić information content (AvgIpc) is 2.45. The second kappa shape index (κ2) is 7.07. The van der Waals surface area contributed by atoms with Gasteiger partial charge in [-0.2, -0.15) is 0 Å². The third kappa shape index (κ3) is 3.95. The number of aryl methyl sites for hydroxylation is 1. The fraction of sp³-hybridized carbons (Fsp3) is 0.588. The molecule has 20 heavy (non-hydrogen) atoms. The third-order valence-corrected chi connectivity index (χ3v) is 4.83. The largest absolute Gasteiger partial charge is 0.360 e. The minimum absolute atomic E-state index is 0.544. The molecular weight excluding hydrogens is 264 g/mol. The van der Waals surface area contributed by atoms with Crippen LogP contribution in [0, 0.1) is 19.8 Å². The summed E-state index contributed by atoms with van der Waals surface area (Å²) in [5.41, 5.74) is 3.68. The summed E-state index contributed by atoms with van der Waals surface area (Å²) < 4.78 is 0. The summed E-state index contributed by atoms with van der Waals surface area (Å²) in [5, 5.41) is 7.59. The quantitative estimate of drug-likeness (QED) is 0.798. The number of thiocarbonyl (C=S) groups is 1. The molecule has 0 heterocycles. The lowest BCUT2D eigenvalue weighted by Gasteiger charge is -2.29. The van der Waals surface area contributed by atoms with Gasteiger partial charge in [-0.15, -0.1) is 0 Å². The SMILES string of the molecule is CCC1CCC(NC(=S)Nc2cccc(C)c2C)CC1. The topological polar surface area (TPSA) is 24.1 Å². The van der Waals surface area contributed by atoms with Gasteiger partial charge in [0.15, 0.2) is 5.11 Å². The summed E-state index contributed by atoms with van der Waals surface area (Å²) in [6.45, 7) is 6.56. The van der Waals surface area contributed by atoms with Crippen LogP contribution in [0.4, 0.5) is 5.69 Å². The van der Waals surface area contributed by atoms with Gasteiger partial charge in [0, 0.05) is 11.7 Å². The van der Waals surface area contributed by atoms with E-state index in [-0.39, 0.29) is 0 Å². The predicted octanol–water partition coefficient (Wildman–Crippen LogP) is 4.56. The van der Waals surface area contributed by atoms with Gasteiger partial charge in [-0.25, -0.2) is 0 Å². The van der Waals surface area contributed by atoms with E-state index >= 15 is 0 Å². The van der Waals surface area contributed by atoms with Crippen molar-refractivity contribution in [3.63, 3.8) is 0 Å². The van der Waals surface area contributed by atoms with E-state index in [0.717, 1.165) is 16.7 Å². The Kier molecular flexibility index (Phi) is 5.41. The molecule has 1 saturated carbocycles. The highest BCUT2D eigenvalue weighted by Gasteiger charge is 2.20. The van der Waals surface area contributed by atoms with Crippen LogP contribution in [0.5, 0.6) is 0 Å². The molecule has 2 N–H and O–H groups in total. The van der Waals surface area contributed by atoms with Crippen molar-refractivity contribution in [2.45, 2.75) is 58.9 Å². The van der Waals surface area contributed by atoms with Crippen molar-refractivity contribution in [3.05, 3.63) is 29.3 Å². The first kappa shape index (κ1) is 15.3. The summed E-state index contributed by atoms with van der Waals surface area (Å²) in [6, 6.07) is 6.83. The Morgan fingerprint density at radius 3 is 2.55 bits per heavy atom. The number of hydrogen-bond donors (Lipinski definition) is 2. The van der Waals surface area contributed by atoms with Crippen LogP contribution in [0.25, 0.3) is 0 Å². The van der Waals surface area contributed by atoms with E-state index in [4.69, 9.17) is 12.2 Å². The highest BCUT2D eigenvalue weighted by molar-refractivity contribution is 7.80. The zero-order valence-corrected chi connectivity index (χ0v) is 13.6. The van der Waals surface area contributed by atoms with Crippen LogP contribution in [0.2, 0.25) is 0 Å². The highest BCUT2D eigenvalue weighted by Crippen LogP contribution is 2.26. The van der Waals surface area contributed by atoms with Crippen molar-refractivity contribution in [2.24, 2.45) is 5.92 Å². The van der Waals surface area contributed by atoms with Crippen LogP contribution >= 0.6 is 12.2 Å². The maximum Gasteiger partial charge on any atom is 0.171 e. The summed E-state index contributed by atoms with van der Waals surface area (Å²) in [4.78, 5) is 0. The molecule has 1 aliphatic carbocycles.